The smallest absolute Gasteiger partial charge is 0.301 e. The zero-order chi connectivity index (χ0) is 14.9. The van der Waals surface area contributed by atoms with Gasteiger partial charge in [-0.25, -0.2) is 9.59 Å². The van der Waals surface area contributed by atoms with Gasteiger partial charge in [0.15, 0.2) is 0 Å². The molecule has 0 amide bonds. The average Bonchev–Trinajstić information content (AvgIpc) is 2.37. The minimum absolute atomic E-state index is 0.472. The van der Waals surface area contributed by atoms with Gasteiger partial charge in [0.05, 0.1) is 5.56 Å². The highest BCUT2D eigenvalue weighted by atomic mass is 17.2. The Morgan fingerprint density at radius 2 is 1.58 bits per heavy atom. The van der Waals surface area contributed by atoms with Crippen LogP contribution in [0.2, 0.25) is 0 Å². The molecule has 19 heavy (non-hydrogen) atoms. The number of rotatable bonds is 2. The van der Waals surface area contributed by atoms with E-state index in [1.807, 2.05) is 26.8 Å². The van der Waals surface area contributed by atoms with Gasteiger partial charge in [-0.2, -0.15) is 10.1 Å². The number of carbonyl (C=O) groups is 2. The predicted molar refractivity (Wildman–Crippen MR) is 67.1 cm³/mol. The molecule has 0 aromatic heterocycles. The van der Waals surface area contributed by atoms with E-state index in [1.165, 1.54) is 0 Å². The lowest BCUT2D eigenvalue weighted by Gasteiger charge is -2.16. The number of benzene rings is 1. The summed E-state index contributed by atoms with van der Waals surface area (Å²) in [6.45, 7) is 6.54. The van der Waals surface area contributed by atoms with Crippen LogP contribution in [0.15, 0.2) is 30.3 Å². The second-order valence-electron chi connectivity index (χ2n) is 4.52. The maximum absolute atomic E-state index is 11.3. The van der Waals surface area contributed by atoms with Gasteiger partial charge >= 0.3 is 11.9 Å². The first-order valence-electron chi connectivity index (χ1n) is 5.53. The van der Waals surface area contributed by atoms with Gasteiger partial charge in [-0.15, -0.1) is 0 Å². The molecular weight excluding hydrogens is 252 g/mol. The lowest BCUT2D eigenvalue weighted by Crippen LogP contribution is -2.21. The Balaban J connectivity index is 0.000000555. The zero-order valence-corrected chi connectivity index (χ0v) is 11.4. The largest absolute Gasteiger partial charge is 0.373 e. The van der Waals surface area contributed by atoms with E-state index >= 15 is 0 Å². The third kappa shape index (κ3) is 9.75. The molecule has 0 aliphatic rings. The van der Waals surface area contributed by atoms with Crippen LogP contribution in [0.5, 0.6) is 0 Å². The molecule has 0 aliphatic carbocycles. The normalized spacial score (nSPS) is 9.95. The maximum Gasteiger partial charge on any atom is 0.373 e. The van der Waals surface area contributed by atoms with E-state index in [1.54, 1.807) is 24.3 Å². The van der Waals surface area contributed by atoms with Crippen molar-refractivity contribution < 1.29 is 29.5 Å². The molecule has 0 fully saturated rings. The van der Waals surface area contributed by atoms with Gasteiger partial charge in [-0.1, -0.05) is 18.2 Å². The van der Waals surface area contributed by atoms with Crippen molar-refractivity contribution in [3.05, 3.63) is 35.9 Å². The first-order valence-corrected chi connectivity index (χ1v) is 5.53. The molecular formula is C13H18O6. The van der Waals surface area contributed by atoms with Crippen molar-refractivity contribution in [3.8, 4) is 0 Å². The zero-order valence-electron chi connectivity index (χ0n) is 11.4. The fraction of sp³-hybridized carbons (Fsp3) is 0.385. The van der Waals surface area contributed by atoms with Gasteiger partial charge in [-0.05, 0) is 32.9 Å². The molecule has 6 nitrogen and oxygen atoms in total. The van der Waals surface area contributed by atoms with Crippen molar-refractivity contribution in [2.75, 3.05) is 0 Å². The topological polar surface area (TPSA) is 82.1 Å². The third-order valence-electron chi connectivity index (χ3n) is 1.51. The van der Waals surface area contributed by atoms with Crippen molar-refractivity contribution in [2.24, 2.45) is 0 Å². The van der Waals surface area contributed by atoms with Crippen LogP contribution >= 0.6 is 0 Å². The summed E-state index contributed by atoms with van der Waals surface area (Å²) in [6.07, 6.45) is 0. The fourth-order valence-electron chi connectivity index (χ4n) is 0.785. The van der Waals surface area contributed by atoms with Crippen LogP contribution in [-0.4, -0.2) is 22.8 Å². The minimum atomic E-state index is -0.690. The third-order valence-corrected chi connectivity index (χ3v) is 1.51. The van der Waals surface area contributed by atoms with Crippen molar-refractivity contribution in [3.63, 3.8) is 0 Å². The van der Waals surface area contributed by atoms with Gasteiger partial charge in [0, 0.05) is 6.92 Å². The first-order chi connectivity index (χ1) is 8.76. The van der Waals surface area contributed by atoms with Gasteiger partial charge in [0.2, 0.25) is 0 Å². The van der Waals surface area contributed by atoms with Crippen LogP contribution in [0.4, 0.5) is 0 Å². The Kier molecular flexibility index (Phi) is 7.40. The van der Waals surface area contributed by atoms with Crippen molar-refractivity contribution in [1.82, 2.24) is 0 Å². The summed E-state index contributed by atoms with van der Waals surface area (Å²) in [4.78, 5) is 33.3. The van der Waals surface area contributed by atoms with Crippen molar-refractivity contribution in [1.29, 1.82) is 0 Å². The summed E-state index contributed by atoms with van der Waals surface area (Å²) in [5.41, 5.74) is 0.00140. The van der Waals surface area contributed by atoms with Crippen LogP contribution in [0.3, 0.4) is 0 Å². The number of hydrogen-bond acceptors (Lipinski definition) is 6. The summed E-state index contributed by atoms with van der Waals surface area (Å²) in [7, 11) is 0. The van der Waals surface area contributed by atoms with E-state index in [9.17, 15) is 9.59 Å². The molecule has 0 saturated heterocycles. The Hall–Kier alpha value is -1.92. The highest BCUT2D eigenvalue weighted by Gasteiger charge is 2.15. The first kappa shape index (κ1) is 17.1. The second kappa shape index (κ2) is 8.23. The molecule has 1 aromatic rings. The van der Waals surface area contributed by atoms with Gasteiger partial charge < -0.3 is 4.89 Å². The second-order valence-corrected chi connectivity index (χ2v) is 4.52. The lowest BCUT2D eigenvalue weighted by molar-refractivity contribution is -0.301. The Morgan fingerprint density at radius 1 is 1.11 bits per heavy atom. The molecule has 1 rings (SSSR count). The Labute approximate surface area is 111 Å². The SMILES string of the molecule is CC(=O)OO.CC(C)(C)OOC(=O)c1ccccc1. The van der Waals surface area contributed by atoms with E-state index in [4.69, 9.17) is 10.1 Å². The van der Waals surface area contributed by atoms with Crippen LogP contribution in [-0.2, 0) is 19.5 Å². The van der Waals surface area contributed by atoms with Crippen molar-refractivity contribution >= 4 is 11.9 Å². The monoisotopic (exact) mass is 270 g/mol. The minimum Gasteiger partial charge on any atom is -0.301 e. The number of carbonyl (C=O) groups excluding carboxylic acids is 2. The van der Waals surface area contributed by atoms with E-state index in [-0.39, 0.29) is 0 Å². The Morgan fingerprint density at radius 3 is 1.95 bits per heavy atom. The van der Waals surface area contributed by atoms with Crippen molar-refractivity contribution in [2.45, 2.75) is 33.3 Å². The molecule has 0 aliphatic heterocycles. The van der Waals surface area contributed by atoms with E-state index in [2.05, 4.69) is 9.78 Å². The lowest BCUT2D eigenvalue weighted by atomic mass is 10.2. The molecule has 0 bridgehead atoms. The molecule has 106 valence electrons. The molecule has 6 heteroatoms. The van der Waals surface area contributed by atoms with Gasteiger partial charge in [0.1, 0.15) is 5.60 Å². The van der Waals surface area contributed by atoms with Crippen LogP contribution in [0.1, 0.15) is 38.1 Å². The summed E-state index contributed by atoms with van der Waals surface area (Å²) in [5, 5.41) is 7.29. The van der Waals surface area contributed by atoms with E-state index < -0.39 is 17.5 Å². The summed E-state index contributed by atoms with van der Waals surface area (Å²) >= 11 is 0. The predicted octanol–water partition coefficient (Wildman–Crippen LogP) is 2.60. The molecule has 0 radical (unpaired) electrons. The maximum atomic E-state index is 11.3. The van der Waals surface area contributed by atoms with Crippen LogP contribution < -0.4 is 0 Å². The summed E-state index contributed by atoms with van der Waals surface area (Å²) in [6, 6.07) is 8.73. The van der Waals surface area contributed by atoms with E-state index in [0.29, 0.717) is 5.56 Å². The molecule has 0 saturated carbocycles. The molecule has 1 aromatic carbocycles. The van der Waals surface area contributed by atoms with Gasteiger partial charge in [-0.3, -0.25) is 4.89 Å². The van der Waals surface area contributed by atoms with Gasteiger partial charge in [0.25, 0.3) is 0 Å². The summed E-state index contributed by atoms with van der Waals surface area (Å²) < 4.78 is 0. The van der Waals surface area contributed by atoms with Crippen LogP contribution in [0.25, 0.3) is 0 Å². The Bertz CT molecular complexity index is 393. The number of hydrogen-bond donors (Lipinski definition) is 1. The molecule has 0 spiro atoms. The molecule has 0 heterocycles. The molecule has 0 atom stereocenters. The molecule has 0 unspecified atom stereocenters. The quantitative estimate of drug-likeness (QED) is 0.657. The fourth-order valence-corrected chi connectivity index (χ4v) is 0.785. The highest BCUT2D eigenvalue weighted by molar-refractivity contribution is 5.88. The van der Waals surface area contributed by atoms with Crippen LogP contribution in [0, 0.1) is 0 Å². The van der Waals surface area contributed by atoms with E-state index in [0.717, 1.165) is 6.92 Å². The molecule has 1 N–H and O–H groups in total. The highest BCUT2D eigenvalue weighted by Crippen LogP contribution is 2.09. The standard InChI is InChI=1S/C11H14O3.C2H4O3/c1-11(2,3)14-13-10(12)9-7-5-4-6-8-9;1-2(3)5-4/h4-8H,1-3H3;4H,1H3. The summed E-state index contributed by atoms with van der Waals surface area (Å²) in [5.74, 6) is -1.16. The average molecular weight is 270 g/mol.